The van der Waals surface area contributed by atoms with Gasteiger partial charge in [-0.15, -0.1) is 0 Å². The van der Waals surface area contributed by atoms with E-state index in [1.165, 1.54) is 30.8 Å². The molecule has 104 valence electrons. The zero-order valence-electron chi connectivity index (χ0n) is 11.0. The molecule has 2 aromatic carbocycles. The van der Waals surface area contributed by atoms with Crippen molar-refractivity contribution in [3.8, 4) is 0 Å². The zero-order valence-corrected chi connectivity index (χ0v) is 11.8. The Balaban J connectivity index is 2.13. The van der Waals surface area contributed by atoms with Crippen molar-refractivity contribution in [2.24, 2.45) is 5.73 Å². The lowest BCUT2D eigenvalue weighted by atomic mass is 10.2. The number of hydrogen-bond acceptors (Lipinski definition) is 3. The van der Waals surface area contributed by atoms with Crippen molar-refractivity contribution in [1.82, 2.24) is 0 Å². The SMILES string of the molecule is CC(=O)Nc1ccc(Sc2cc(F)cc(CN)c2)cc1. The van der Waals surface area contributed by atoms with E-state index in [9.17, 15) is 9.18 Å². The van der Waals surface area contributed by atoms with Gasteiger partial charge in [0.2, 0.25) is 5.91 Å². The van der Waals surface area contributed by atoms with Crippen LogP contribution in [0.15, 0.2) is 52.3 Å². The first-order chi connectivity index (χ1) is 9.56. The van der Waals surface area contributed by atoms with Gasteiger partial charge in [0.15, 0.2) is 0 Å². The molecule has 5 heteroatoms. The lowest BCUT2D eigenvalue weighted by Gasteiger charge is -2.06. The van der Waals surface area contributed by atoms with Gasteiger partial charge in [-0.1, -0.05) is 11.8 Å². The second-order valence-corrected chi connectivity index (χ2v) is 5.45. The minimum absolute atomic E-state index is 0.108. The maximum absolute atomic E-state index is 13.4. The van der Waals surface area contributed by atoms with E-state index in [1.54, 1.807) is 0 Å². The molecule has 0 bridgehead atoms. The van der Waals surface area contributed by atoms with Crippen molar-refractivity contribution in [2.75, 3.05) is 5.32 Å². The number of rotatable bonds is 4. The van der Waals surface area contributed by atoms with Crippen LogP contribution in [0.5, 0.6) is 0 Å². The van der Waals surface area contributed by atoms with Crippen LogP contribution in [0.1, 0.15) is 12.5 Å². The van der Waals surface area contributed by atoms with Crippen LogP contribution in [-0.2, 0) is 11.3 Å². The molecule has 0 fully saturated rings. The molecule has 0 aliphatic carbocycles. The second kappa shape index (κ2) is 6.54. The molecule has 0 aliphatic rings. The lowest BCUT2D eigenvalue weighted by molar-refractivity contribution is -0.114. The summed E-state index contributed by atoms with van der Waals surface area (Å²) >= 11 is 1.45. The molecular weight excluding hydrogens is 275 g/mol. The van der Waals surface area contributed by atoms with E-state index < -0.39 is 0 Å². The Bertz CT molecular complexity index is 614. The molecule has 2 aromatic rings. The van der Waals surface area contributed by atoms with Crippen molar-refractivity contribution in [2.45, 2.75) is 23.3 Å². The van der Waals surface area contributed by atoms with E-state index in [-0.39, 0.29) is 11.7 Å². The monoisotopic (exact) mass is 290 g/mol. The van der Waals surface area contributed by atoms with E-state index in [1.807, 2.05) is 30.3 Å². The minimum Gasteiger partial charge on any atom is -0.326 e. The minimum atomic E-state index is -0.287. The molecule has 0 aliphatic heterocycles. The molecular formula is C15H15FN2OS. The molecule has 0 atom stereocenters. The molecule has 1 amide bonds. The number of carbonyl (C=O) groups excluding carboxylic acids is 1. The average molecular weight is 290 g/mol. The largest absolute Gasteiger partial charge is 0.326 e. The first-order valence-electron chi connectivity index (χ1n) is 6.12. The smallest absolute Gasteiger partial charge is 0.221 e. The Morgan fingerprint density at radius 2 is 1.90 bits per heavy atom. The number of nitrogens with one attached hydrogen (secondary N) is 1. The van der Waals surface area contributed by atoms with Gasteiger partial charge in [0, 0.05) is 28.9 Å². The molecule has 0 heterocycles. The fourth-order valence-corrected chi connectivity index (χ4v) is 2.67. The lowest BCUT2D eigenvalue weighted by Crippen LogP contribution is -2.05. The Morgan fingerprint density at radius 3 is 2.50 bits per heavy atom. The normalized spacial score (nSPS) is 10.3. The van der Waals surface area contributed by atoms with Crippen LogP contribution in [0.4, 0.5) is 10.1 Å². The van der Waals surface area contributed by atoms with E-state index >= 15 is 0 Å². The zero-order chi connectivity index (χ0) is 14.5. The highest BCUT2D eigenvalue weighted by Gasteiger charge is 2.03. The molecule has 2 rings (SSSR count). The van der Waals surface area contributed by atoms with Gasteiger partial charge in [0.25, 0.3) is 0 Å². The van der Waals surface area contributed by atoms with Crippen LogP contribution in [0, 0.1) is 5.82 Å². The fraction of sp³-hybridized carbons (Fsp3) is 0.133. The Kier molecular flexibility index (Phi) is 4.76. The van der Waals surface area contributed by atoms with Gasteiger partial charge in [-0.3, -0.25) is 4.79 Å². The number of benzene rings is 2. The molecule has 0 aromatic heterocycles. The van der Waals surface area contributed by atoms with Crippen molar-refractivity contribution in [3.63, 3.8) is 0 Å². The van der Waals surface area contributed by atoms with Gasteiger partial charge < -0.3 is 11.1 Å². The number of amides is 1. The van der Waals surface area contributed by atoms with Crippen LogP contribution in [0.25, 0.3) is 0 Å². The average Bonchev–Trinajstić information content (AvgIpc) is 2.39. The van der Waals surface area contributed by atoms with Gasteiger partial charge in [0.1, 0.15) is 5.82 Å². The summed E-state index contributed by atoms with van der Waals surface area (Å²) in [7, 11) is 0. The van der Waals surface area contributed by atoms with E-state index in [0.29, 0.717) is 6.54 Å². The summed E-state index contributed by atoms with van der Waals surface area (Å²) in [4.78, 5) is 12.7. The van der Waals surface area contributed by atoms with Crippen LogP contribution in [-0.4, -0.2) is 5.91 Å². The predicted molar refractivity (Wildman–Crippen MR) is 79.2 cm³/mol. The topological polar surface area (TPSA) is 55.1 Å². The fourth-order valence-electron chi connectivity index (χ4n) is 1.74. The van der Waals surface area contributed by atoms with Crippen LogP contribution in [0.2, 0.25) is 0 Å². The number of halogens is 1. The van der Waals surface area contributed by atoms with Crippen LogP contribution in [0.3, 0.4) is 0 Å². The van der Waals surface area contributed by atoms with E-state index in [2.05, 4.69) is 5.32 Å². The first-order valence-corrected chi connectivity index (χ1v) is 6.93. The highest BCUT2D eigenvalue weighted by Crippen LogP contribution is 2.29. The third-order valence-corrected chi connectivity index (χ3v) is 3.56. The molecule has 0 saturated carbocycles. The van der Waals surface area contributed by atoms with E-state index in [4.69, 9.17) is 5.73 Å². The number of carbonyl (C=O) groups is 1. The van der Waals surface area contributed by atoms with Crippen LogP contribution >= 0.6 is 11.8 Å². The maximum Gasteiger partial charge on any atom is 0.221 e. The Hall–Kier alpha value is -1.85. The number of anilines is 1. The summed E-state index contributed by atoms with van der Waals surface area (Å²) < 4.78 is 13.4. The maximum atomic E-state index is 13.4. The first kappa shape index (κ1) is 14.6. The second-order valence-electron chi connectivity index (χ2n) is 4.31. The van der Waals surface area contributed by atoms with Crippen molar-refractivity contribution >= 4 is 23.4 Å². The Labute approximate surface area is 121 Å². The summed E-state index contributed by atoms with van der Waals surface area (Å²) in [6, 6.07) is 12.2. The summed E-state index contributed by atoms with van der Waals surface area (Å²) in [6.45, 7) is 1.77. The van der Waals surface area contributed by atoms with Crippen molar-refractivity contribution < 1.29 is 9.18 Å². The number of hydrogen-bond donors (Lipinski definition) is 2. The molecule has 0 unspecified atom stereocenters. The predicted octanol–water partition coefficient (Wildman–Crippen LogP) is 3.39. The molecule has 0 radical (unpaired) electrons. The van der Waals surface area contributed by atoms with Crippen molar-refractivity contribution in [3.05, 3.63) is 53.8 Å². The summed E-state index contributed by atoms with van der Waals surface area (Å²) in [6.07, 6.45) is 0. The van der Waals surface area contributed by atoms with E-state index in [0.717, 1.165) is 21.0 Å². The summed E-state index contributed by atoms with van der Waals surface area (Å²) in [5, 5.41) is 2.70. The van der Waals surface area contributed by atoms with Gasteiger partial charge in [-0.25, -0.2) is 4.39 Å². The molecule has 3 nitrogen and oxygen atoms in total. The quantitative estimate of drug-likeness (QED) is 0.907. The molecule has 20 heavy (non-hydrogen) atoms. The molecule has 0 spiro atoms. The summed E-state index contributed by atoms with van der Waals surface area (Å²) in [5.74, 6) is -0.395. The van der Waals surface area contributed by atoms with Crippen molar-refractivity contribution in [1.29, 1.82) is 0 Å². The van der Waals surface area contributed by atoms with Crippen LogP contribution < -0.4 is 11.1 Å². The molecule has 3 N–H and O–H groups in total. The Morgan fingerprint density at radius 1 is 1.20 bits per heavy atom. The summed E-state index contributed by atoms with van der Waals surface area (Å²) in [5.41, 5.74) is 7.04. The third kappa shape index (κ3) is 4.08. The van der Waals surface area contributed by atoms with Gasteiger partial charge in [-0.2, -0.15) is 0 Å². The third-order valence-electron chi connectivity index (χ3n) is 2.58. The highest BCUT2D eigenvalue weighted by molar-refractivity contribution is 7.99. The van der Waals surface area contributed by atoms with Gasteiger partial charge >= 0.3 is 0 Å². The number of nitrogens with two attached hydrogens (primary N) is 1. The van der Waals surface area contributed by atoms with Gasteiger partial charge in [-0.05, 0) is 48.0 Å². The highest BCUT2D eigenvalue weighted by atomic mass is 32.2. The van der Waals surface area contributed by atoms with Gasteiger partial charge in [0.05, 0.1) is 0 Å². The standard InChI is InChI=1S/C15H15FN2OS/c1-10(19)18-13-2-4-14(5-3-13)20-15-7-11(9-17)6-12(16)8-15/h2-8H,9,17H2,1H3,(H,18,19). The molecule has 0 saturated heterocycles.